The Bertz CT molecular complexity index is 336. The second-order valence-electron chi connectivity index (χ2n) is 3.06. The second kappa shape index (κ2) is 4.53. The molecular formula is C10H12F3NO. The minimum Gasteiger partial charge on any atom is -0.497 e. The zero-order chi connectivity index (χ0) is 11.5. The summed E-state index contributed by atoms with van der Waals surface area (Å²) in [4.78, 5) is 0. The van der Waals surface area contributed by atoms with Crippen molar-refractivity contribution in [2.75, 3.05) is 13.7 Å². The monoisotopic (exact) mass is 219 g/mol. The smallest absolute Gasteiger partial charge is 0.416 e. The lowest BCUT2D eigenvalue weighted by molar-refractivity contribution is -0.138. The van der Waals surface area contributed by atoms with Gasteiger partial charge in [-0.25, -0.2) is 0 Å². The minimum absolute atomic E-state index is 0.190. The van der Waals surface area contributed by atoms with Crippen molar-refractivity contribution in [1.82, 2.24) is 0 Å². The van der Waals surface area contributed by atoms with Gasteiger partial charge in [-0.1, -0.05) is 6.07 Å². The predicted octanol–water partition coefficient (Wildman–Crippen LogP) is 2.22. The van der Waals surface area contributed by atoms with E-state index in [-0.39, 0.29) is 24.3 Å². The van der Waals surface area contributed by atoms with Crippen LogP contribution in [0.3, 0.4) is 0 Å². The van der Waals surface area contributed by atoms with Gasteiger partial charge in [0.1, 0.15) is 5.75 Å². The fraction of sp³-hybridized carbons (Fsp3) is 0.400. The van der Waals surface area contributed by atoms with Gasteiger partial charge < -0.3 is 10.5 Å². The molecule has 0 saturated heterocycles. The van der Waals surface area contributed by atoms with Crippen LogP contribution in [0.5, 0.6) is 5.75 Å². The van der Waals surface area contributed by atoms with Gasteiger partial charge >= 0.3 is 6.18 Å². The summed E-state index contributed by atoms with van der Waals surface area (Å²) in [5, 5.41) is 0. The molecule has 0 fully saturated rings. The molecule has 0 saturated carbocycles. The number of ether oxygens (including phenoxy) is 1. The molecule has 0 bridgehead atoms. The predicted molar refractivity (Wildman–Crippen MR) is 50.8 cm³/mol. The first-order valence-electron chi connectivity index (χ1n) is 4.43. The normalized spacial score (nSPS) is 11.5. The van der Waals surface area contributed by atoms with Gasteiger partial charge in [-0.05, 0) is 30.7 Å². The summed E-state index contributed by atoms with van der Waals surface area (Å²) < 4.78 is 42.5. The second-order valence-corrected chi connectivity index (χ2v) is 3.06. The maximum Gasteiger partial charge on any atom is 0.416 e. The number of benzene rings is 1. The molecule has 84 valence electrons. The fourth-order valence-electron chi connectivity index (χ4n) is 1.32. The Kier molecular flexibility index (Phi) is 3.57. The summed E-state index contributed by atoms with van der Waals surface area (Å²) in [5.74, 6) is 0.197. The largest absolute Gasteiger partial charge is 0.497 e. The highest BCUT2D eigenvalue weighted by Crippen LogP contribution is 2.34. The van der Waals surface area contributed by atoms with Crippen molar-refractivity contribution in [2.24, 2.45) is 5.73 Å². The van der Waals surface area contributed by atoms with E-state index in [1.165, 1.54) is 19.2 Å². The molecular weight excluding hydrogens is 207 g/mol. The number of hydrogen-bond acceptors (Lipinski definition) is 2. The van der Waals surface area contributed by atoms with Crippen LogP contribution in [0.15, 0.2) is 18.2 Å². The van der Waals surface area contributed by atoms with E-state index in [0.717, 1.165) is 6.07 Å². The van der Waals surface area contributed by atoms with Crippen molar-refractivity contribution in [1.29, 1.82) is 0 Å². The maximum atomic E-state index is 12.6. The Balaban J connectivity index is 3.16. The average molecular weight is 219 g/mol. The molecule has 15 heavy (non-hydrogen) atoms. The average Bonchev–Trinajstić information content (AvgIpc) is 2.17. The van der Waals surface area contributed by atoms with E-state index in [1.54, 1.807) is 0 Å². The molecule has 0 radical (unpaired) electrons. The van der Waals surface area contributed by atoms with E-state index in [2.05, 4.69) is 0 Å². The molecule has 0 atom stereocenters. The van der Waals surface area contributed by atoms with Gasteiger partial charge in [0.2, 0.25) is 0 Å². The van der Waals surface area contributed by atoms with Gasteiger partial charge in [0, 0.05) is 0 Å². The first-order valence-corrected chi connectivity index (χ1v) is 4.43. The highest BCUT2D eigenvalue weighted by molar-refractivity contribution is 5.37. The first-order chi connectivity index (χ1) is 6.99. The summed E-state index contributed by atoms with van der Waals surface area (Å²) in [6, 6.07) is 3.89. The molecule has 1 aromatic carbocycles. The molecule has 0 aliphatic rings. The zero-order valence-corrected chi connectivity index (χ0v) is 8.27. The Labute approximate surface area is 85.8 Å². The van der Waals surface area contributed by atoms with Gasteiger partial charge in [0.25, 0.3) is 0 Å². The molecule has 0 spiro atoms. The lowest BCUT2D eigenvalue weighted by Crippen LogP contribution is -2.12. The number of alkyl halides is 3. The van der Waals surface area contributed by atoms with Gasteiger partial charge in [0.05, 0.1) is 12.7 Å². The Hall–Kier alpha value is -1.23. The van der Waals surface area contributed by atoms with Gasteiger partial charge in [0.15, 0.2) is 0 Å². The third kappa shape index (κ3) is 2.86. The highest BCUT2D eigenvalue weighted by atomic mass is 19.4. The van der Waals surface area contributed by atoms with Crippen molar-refractivity contribution in [3.8, 4) is 5.75 Å². The van der Waals surface area contributed by atoms with Crippen LogP contribution in [0.2, 0.25) is 0 Å². The van der Waals surface area contributed by atoms with E-state index in [1.807, 2.05) is 0 Å². The molecule has 1 rings (SSSR count). The third-order valence-electron chi connectivity index (χ3n) is 2.04. The Morgan fingerprint density at radius 3 is 2.47 bits per heavy atom. The van der Waals surface area contributed by atoms with Crippen LogP contribution in [-0.4, -0.2) is 13.7 Å². The molecule has 0 aliphatic heterocycles. The number of rotatable bonds is 3. The number of methoxy groups -OCH3 is 1. The molecule has 0 aromatic heterocycles. The zero-order valence-electron chi connectivity index (χ0n) is 8.27. The van der Waals surface area contributed by atoms with Crippen LogP contribution < -0.4 is 10.5 Å². The van der Waals surface area contributed by atoms with Crippen LogP contribution in [0.4, 0.5) is 13.2 Å². The molecule has 0 amide bonds. The molecule has 0 aliphatic carbocycles. The van der Waals surface area contributed by atoms with Crippen molar-refractivity contribution in [3.05, 3.63) is 29.3 Å². The minimum atomic E-state index is -4.36. The third-order valence-corrected chi connectivity index (χ3v) is 2.04. The van der Waals surface area contributed by atoms with Crippen molar-refractivity contribution in [2.45, 2.75) is 12.6 Å². The first kappa shape index (κ1) is 11.8. The van der Waals surface area contributed by atoms with Gasteiger partial charge in [-0.2, -0.15) is 13.2 Å². The molecule has 2 N–H and O–H groups in total. The number of nitrogens with two attached hydrogens (primary N) is 1. The number of halogens is 3. The summed E-state index contributed by atoms with van der Waals surface area (Å²) in [7, 11) is 1.33. The van der Waals surface area contributed by atoms with Crippen molar-refractivity contribution < 1.29 is 17.9 Å². The number of hydrogen-bond donors (Lipinski definition) is 1. The van der Waals surface area contributed by atoms with Crippen LogP contribution in [0.1, 0.15) is 11.1 Å². The SMILES string of the molecule is COc1ccc(CCN)c(C(F)(F)F)c1. The van der Waals surface area contributed by atoms with E-state index >= 15 is 0 Å². The molecule has 0 heterocycles. The van der Waals surface area contributed by atoms with E-state index < -0.39 is 11.7 Å². The van der Waals surface area contributed by atoms with E-state index in [9.17, 15) is 13.2 Å². The lowest BCUT2D eigenvalue weighted by Gasteiger charge is -2.13. The van der Waals surface area contributed by atoms with Gasteiger partial charge in [-0.3, -0.25) is 0 Å². The van der Waals surface area contributed by atoms with E-state index in [4.69, 9.17) is 10.5 Å². The summed E-state index contributed by atoms with van der Waals surface area (Å²) in [6.07, 6.45) is -4.15. The Morgan fingerprint density at radius 2 is 2.00 bits per heavy atom. The lowest BCUT2D eigenvalue weighted by atomic mass is 10.0. The summed E-state index contributed by atoms with van der Waals surface area (Å²) in [5.41, 5.74) is 4.77. The summed E-state index contributed by atoms with van der Waals surface area (Å²) in [6.45, 7) is 0.190. The van der Waals surface area contributed by atoms with Crippen LogP contribution in [0.25, 0.3) is 0 Å². The van der Waals surface area contributed by atoms with Crippen LogP contribution in [0, 0.1) is 0 Å². The maximum absolute atomic E-state index is 12.6. The quantitative estimate of drug-likeness (QED) is 0.845. The van der Waals surface area contributed by atoms with Gasteiger partial charge in [-0.15, -0.1) is 0 Å². The van der Waals surface area contributed by atoms with Crippen LogP contribution in [-0.2, 0) is 12.6 Å². The molecule has 0 unspecified atom stereocenters. The molecule has 1 aromatic rings. The highest BCUT2D eigenvalue weighted by Gasteiger charge is 2.33. The van der Waals surface area contributed by atoms with Crippen molar-refractivity contribution >= 4 is 0 Å². The molecule has 5 heteroatoms. The topological polar surface area (TPSA) is 35.2 Å². The van der Waals surface area contributed by atoms with Crippen LogP contribution >= 0.6 is 0 Å². The summed E-state index contributed by atoms with van der Waals surface area (Å²) >= 11 is 0. The Morgan fingerprint density at radius 1 is 1.33 bits per heavy atom. The van der Waals surface area contributed by atoms with E-state index in [0.29, 0.717) is 0 Å². The van der Waals surface area contributed by atoms with Crippen molar-refractivity contribution in [3.63, 3.8) is 0 Å². The standard InChI is InChI=1S/C10H12F3NO/c1-15-8-3-2-7(4-5-14)9(6-8)10(11,12)13/h2-3,6H,4-5,14H2,1H3. The molecule has 2 nitrogen and oxygen atoms in total. The fourth-order valence-corrected chi connectivity index (χ4v) is 1.32.